The summed E-state index contributed by atoms with van der Waals surface area (Å²) in [4.78, 5) is 21.4. The summed E-state index contributed by atoms with van der Waals surface area (Å²) in [6, 6.07) is 0.535. The average Bonchev–Trinajstić information content (AvgIpc) is 3.16. The molecule has 330 valence electrons. The highest BCUT2D eigenvalue weighted by Crippen LogP contribution is 2.62. The van der Waals surface area contributed by atoms with Crippen molar-refractivity contribution in [2.75, 3.05) is 62.5 Å². The molecule has 0 aliphatic carbocycles. The van der Waals surface area contributed by atoms with E-state index in [4.69, 9.17) is 14.8 Å². The van der Waals surface area contributed by atoms with E-state index in [1.54, 1.807) is 49.3 Å². The topological polar surface area (TPSA) is 175 Å². The van der Waals surface area contributed by atoms with Gasteiger partial charge in [0.05, 0.1) is 66.1 Å². The number of carboxylic acid groups (broad SMARTS) is 2. The fourth-order valence-corrected chi connectivity index (χ4v) is 18.8. The van der Waals surface area contributed by atoms with E-state index in [1.165, 1.54) is 103 Å². The van der Waals surface area contributed by atoms with E-state index >= 15 is 0 Å². The van der Waals surface area contributed by atoms with E-state index in [1.807, 2.05) is 0 Å². The summed E-state index contributed by atoms with van der Waals surface area (Å²) >= 11 is 0. The van der Waals surface area contributed by atoms with E-state index in [0.717, 1.165) is 0 Å². The average molecular weight is 851 g/mol. The second-order valence-electron chi connectivity index (χ2n) is 15.6. The van der Waals surface area contributed by atoms with Crippen molar-refractivity contribution in [3.63, 3.8) is 0 Å². The minimum Gasteiger partial charge on any atom is -0.545 e. The first-order chi connectivity index (χ1) is 26.6. The van der Waals surface area contributed by atoms with Gasteiger partial charge in [-0.25, -0.2) is 0 Å². The molecule has 9 nitrogen and oxygen atoms in total. The molecule has 0 bridgehead atoms. The third-order valence-corrected chi connectivity index (χ3v) is 21.9. The predicted octanol–water partition coefficient (Wildman–Crippen LogP) is 9.14. The lowest BCUT2D eigenvalue weighted by Gasteiger charge is -2.28. The van der Waals surface area contributed by atoms with Gasteiger partial charge in [0.2, 0.25) is 0 Å². The first-order valence-electron chi connectivity index (χ1n) is 22.1. The Bertz CT molecular complexity index is 1180. The van der Waals surface area contributed by atoms with Crippen LogP contribution in [0.25, 0.3) is 0 Å². The molecule has 0 amide bonds. The molecule has 0 heterocycles. The van der Waals surface area contributed by atoms with E-state index in [-0.39, 0.29) is 0 Å². The number of carboxylic acids is 2. The molecule has 3 N–H and O–H groups in total. The third-order valence-electron chi connectivity index (χ3n) is 10.8. The number of carbonyl (C=O) groups is 2. The van der Waals surface area contributed by atoms with Crippen molar-refractivity contribution < 1.29 is 43.0 Å². The van der Waals surface area contributed by atoms with Gasteiger partial charge in [0.1, 0.15) is 0 Å². The molecule has 0 atom stereocenters. The highest BCUT2D eigenvalue weighted by atomic mass is 32.2. The van der Waals surface area contributed by atoms with Crippen LogP contribution in [0.5, 0.6) is 0 Å². The molecule has 0 spiro atoms. The quantitative estimate of drug-likeness (QED) is 0.0486. The molecule has 0 radical (unpaired) electrons. The molecular weight excluding hydrogens is 766 g/mol. The Hall–Kier alpha value is -1.15. The van der Waals surface area contributed by atoms with Gasteiger partial charge in [0, 0.05) is 38.9 Å². The summed E-state index contributed by atoms with van der Waals surface area (Å²) in [6.07, 6.45) is 35.0. The largest absolute Gasteiger partial charge is 0.545 e. The lowest BCUT2D eigenvalue weighted by molar-refractivity contribution is -0.255. The Morgan fingerprint density at radius 1 is 0.518 bits per heavy atom. The number of hydrogen-bond acceptors (Lipinski definition) is 8. The van der Waals surface area contributed by atoms with Gasteiger partial charge in [0.25, 0.3) is 10.1 Å². The van der Waals surface area contributed by atoms with Crippen LogP contribution in [0.3, 0.4) is 0 Å². The lowest BCUT2D eigenvalue weighted by atomic mass is 9.92. The Balaban J connectivity index is 0. The van der Waals surface area contributed by atoms with Gasteiger partial charge in [-0.15, -0.1) is 0 Å². The Morgan fingerprint density at radius 2 is 0.786 bits per heavy atom. The Morgan fingerprint density at radius 3 is 0.982 bits per heavy atom. The summed E-state index contributed by atoms with van der Waals surface area (Å²) in [7, 11) is -6.08. The van der Waals surface area contributed by atoms with Crippen LogP contribution < -0.4 is 10.2 Å². The maximum atomic E-state index is 11.3. The smallest absolute Gasteiger partial charge is 0.294 e. The number of aliphatic hydroxyl groups is 2. The highest BCUT2D eigenvalue weighted by Gasteiger charge is 2.35. The Kier molecular flexibility index (Phi) is 34.2. The monoisotopic (exact) mass is 851 g/mol. The van der Waals surface area contributed by atoms with E-state index in [9.17, 15) is 28.2 Å². The Labute approximate surface area is 345 Å². The first kappa shape index (κ1) is 56.9. The molecule has 0 aliphatic rings. The van der Waals surface area contributed by atoms with Crippen LogP contribution >= 0.6 is 14.5 Å². The van der Waals surface area contributed by atoms with Gasteiger partial charge in [-0.05, 0) is 81.4 Å². The van der Waals surface area contributed by atoms with Gasteiger partial charge >= 0.3 is 0 Å². The molecule has 56 heavy (non-hydrogen) atoms. The van der Waals surface area contributed by atoms with E-state index in [2.05, 4.69) is 55.4 Å². The number of unbranched alkanes of at least 4 members (excludes halogenated alkanes) is 8. The van der Waals surface area contributed by atoms with Crippen LogP contribution in [0.4, 0.5) is 0 Å². The van der Waals surface area contributed by atoms with Gasteiger partial charge in [-0.1, -0.05) is 107 Å². The molecule has 1 aromatic carbocycles. The molecule has 0 aliphatic heterocycles. The second kappa shape index (κ2) is 33.7. The van der Waals surface area contributed by atoms with E-state index in [0.29, 0.717) is 6.07 Å². The van der Waals surface area contributed by atoms with Crippen LogP contribution in [0.1, 0.15) is 190 Å². The number of hydrogen-bond donors (Lipinski definition) is 3. The molecule has 1 rings (SSSR count). The molecule has 0 unspecified atom stereocenters. The summed E-state index contributed by atoms with van der Waals surface area (Å²) in [5.74, 6) is -3.79. The summed E-state index contributed by atoms with van der Waals surface area (Å²) in [5, 5.41) is 40.3. The van der Waals surface area contributed by atoms with Crippen molar-refractivity contribution in [3.8, 4) is 0 Å². The van der Waals surface area contributed by atoms with Crippen molar-refractivity contribution >= 4 is 36.6 Å². The molecule has 0 aromatic heterocycles. The fourth-order valence-electron chi connectivity index (χ4n) is 7.43. The molecule has 0 saturated heterocycles. The number of benzene rings is 1. The van der Waals surface area contributed by atoms with Crippen molar-refractivity contribution in [2.24, 2.45) is 0 Å². The van der Waals surface area contributed by atoms with Crippen LogP contribution in [0.2, 0.25) is 0 Å². The van der Waals surface area contributed by atoms with Crippen molar-refractivity contribution in [2.45, 2.75) is 176 Å². The van der Waals surface area contributed by atoms with Gasteiger partial charge in [-0.3, -0.25) is 4.55 Å². The number of rotatable bonds is 31. The summed E-state index contributed by atoms with van der Waals surface area (Å²) in [5.41, 5.74) is -2.52. The molecular formula is C44H84O9P2S. The van der Waals surface area contributed by atoms with Crippen molar-refractivity contribution in [1.29, 1.82) is 0 Å². The van der Waals surface area contributed by atoms with E-state index < -0.39 is 89.8 Å². The first-order valence-corrected chi connectivity index (χ1v) is 28.6. The highest BCUT2D eigenvalue weighted by molar-refractivity contribution is 7.86. The molecule has 12 heteroatoms. The van der Waals surface area contributed by atoms with Crippen LogP contribution in [0.15, 0.2) is 11.0 Å². The summed E-state index contributed by atoms with van der Waals surface area (Å²) < 4.78 is 31.8. The molecule has 0 fully saturated rings. The zero-order chi connectivity index (χ0) is 43.0. The van der Waals surface area contributed by atoms with Crippen LogP contribution in [-0.2, 0) is 23.0 Å². The van der Waals surface area contributed by atoms with Gasteiger partial charge in [0.15, 0.2) is 0 Å². The minimum atomic E-state index is -4.96. The normalized spacial score (nSPS) is 11.8. The van der Waals surface area contributed by atoms with Crippen LogP contribution in [0, 0.1) is 0 Å². The number of aromatic carboxylic acids is 2. The van der Waals surface area contributed by atoms with Gasteiger partial charge < -0.3 is 30.0 Å². The SMILES string of the molecule is CCCC[P+](CCCC)(CCCC)CCCC.CCCC[P+](CCCC)(CCCC)CCCC.O=C([O-])c1cc(S(=O)(=O)O)c(CCO)c(C(=O)[O-])c1CCO. The number of carbonyl (C=O) groups excluding carboxylic acids is 2. The second-order valence-corrected chi connectivity index (χ2v) is 25.9. The third kappa shape index (κ3) is 22.9. The minimum absolute atomic E-state index is 0.404. The van der Waals surface area contributed by atoms with Crippen molar-refractivity contribution in [3.05, 3.63) is 28.3 Å². The van der Waals surface area contributed by atoms with Crippen LogP contribution in [-0.4, -0.2) is 97.6 Å². The standard InChI is InChI=1S/2C16H36P.C12H14O9S/c2*1-5-9-13-17(14-10-6-2,15-11-7-3)16-12-8-4;13-3-1-6-8(11(15)16)5-9(22(19,20)21)7(2-4-14)10(6)12(17)18/h2*5-16H2,1-4H3;5,13-14H,1-4H2,(H,15,16)(H,17,18)(H,19,20,21)/q2*+1;/p-2. The predicted molar refractivity (Wildman–Crippen MR) is 239 cm³/mol. The number of aliphatic hydroxyl groups excluding tert-OH is 2. The maximum Gasteiger partial charge on any atom is 0.294 e. The zero-order valence-electron chi connectivity index (χ0n) is 37.0. The van der Waals surface area contributed by atoms with Gasteiger partial charge in [-0.2, -0.15) is 8.42 Å². The molecule has 1 aromatic rings. The van der Waals surface area contributed by atoms with Crippen molar-refractivity contribution in [1.82, 2.24) is 0 Å². The fraction of sp³-hybridized carbons (Fsp3) is 0.818. The summed E-state index contributed by atoms with van der Waals surface area (Å²) in [6.45, 7) is 17.6. The molecule has 0 saturated carbocycles. The lowest BCUT2D eigenvalue weighted by Crippen LogP contribution is -2.31. The maximum absolute atomic E-state index is 11.3. The zero-order valence-corrected chi connectivity index (χ0v) is 39.6.